The van der Waals surface area contributed by atoms with E-state index in [9.17, 15) is 64.0 Å². The van der Waals surface area contributed by atoms with E-state index in [4.69, 9.17) is 23.2 Å². The monoisotopic (exact) mass is 1160 g/mol. The summed E-state index contributed by atoms with van der Waals surface area (Å²) in [5.41, 5.74) is 2.64. The van der Waals surface area contributed by atoms with Crippen LogP contribution in [0, 0.1) is 17.8 Å². The molecule has 434 valence electrons. The van der Waals surface area contributed by atoms with Crippen LogP contribution in [-0.4, -0.2) is 150 Å². The highest BCUT2D eigenvalue weighted by Gasteiger charge is 2.34. The van der Waals surface area contributed by atoms with Gasteiger partial charge in [0.05, 0.1) is 52.9 Å². The molecule has 5 aromatic rings. The summed E-state index contributed by atoms with van der Waals surface area (Å²) in [5.74, 6) is -5.59. The molecule has 81 heavy (non-hydrogen) atoms. The lowest BCUT2D eigenvalue weighted by atomic mass is 9.75. The third-order valence-corrected chi connectivity index (χ3v) is 12.2. The SMILES string of the molecule is CC(C)C[C@H](NC(=O)CNC(=O)c1cc(Cl)ccc1Cl)B(O)O.CC(C)C[C@H](NC(=O)[C@@H](NC(=O)c1cccc(-c2ccccc2)n1)[C@@H](C)O)B(O)O.CC(C)C[C@H](NC(=O)[C@H](Cc1ccccc1)NC(=O)c1cnccn1)B(O)O. The number of nitrogens with zero attached hydrogens (tertiary/aromatic N) is 3. The number of hydrogen-bond donors (Lipinski definition) is 13. The highest BCUT2D eigenvalue weighted by Crippen LogP contribution is 2.21. The van der Waals surface area contributed by atoms with Crippen LogP contribution in [0.4, 0.5) is 0 Å². The van der Waals surface area contributed by atoms with Crippen LogP contribution in [-0.2, 0) is 20.8 Å². The van der Waals surface area contributed by atoms with Crippen LogP contribution in [0.1, 0.15) is 105 Å². The Morgan fingerprint density at radius 1 is 0.568 bits per heavy atom. The van der Waals surface area contributed by atoms with Crippen molar-refractivity contribution < 1.29 is 64.0 Å². The molecule has 0 fully saturated rings. The smallest absolute Gasteiger partial charge is 0.426 e. The number of carbonyl (C=O) groups excluding carboxylic acids is 6. The van der Waals surface area contributed by atoms with Gasteiger partial charge in [-0.05, 0) is 79.8 Å². The quantitative estimate of drug-likeness (QED) is 0.0373. The molecule has 6 atom stereocenters. The molecule has 3 aromatic carbocycles. The fraction of sp³-hybridized carbons (Fsp3) is 0.389. The molecule has 0 aliphatic heterocycles. The van der Waals surface area contributed by atoms with Gasteiger partial charge in [0.15, 0.2) is 0 Å². The molecule has 0 spiro atoms. The van der Waals surface area contributed by atoms with Gasteiger partial charge in [-0.25, -0.2) is 9.97 Å². The largest absolute Gasteiger partial charge is 0.475 e. The zero-order valence-electron chi connectivity index (χ0n) is 46.1. The summed E-state index contributed by atoms with van der Waals surface area (Å²) < 4.78 is 0. The first-order chi connectivity index (χ1) is 38.2. The number of hydrogen-bond acceptors (Lipinski definition) is 16. The van der Waals surface area contributed by atoms with Gasteiger partial charge in [-0.15, -0.1) is 0 Å². The number of pyridine rings is 1. The van der Waals surface area contributed by atoms with E-state index < -0.39 is 92.8 Å². The van der Waals surface area contributed by atoms with Gasteiger partial charge in [0.1, 0.15) is 23.5 Å². The Balaban J connectivity index is 0.000000322. The molecular formula is C54H72B3Cl2N9O13. The summed E-state index contributed by atoms with van der Waals surface area (Å²) in [6.07, 6.45) is 4.30. The standard InChI is InChI=1S/C21H28BN3O5.C19H25BN4O4.C14H19BCl2N2O4/c1-13(2)12-18(22(29)30)24-21(28)19(14(3)26)25-20(27)17-11-7-10-16(23-17)15-8-5-4-6-9-15;1-13(2)10-17(20(27)28)24-18(25)15(11-14-6-4-3-5-7-14)23-19(26)16-12-21-8-9-22-16;1-8(2)5-12(15(22)23)19-13(20)7-18-14(21)10-6-9(16)3-4-11(10)17/h4-11,13-14,18-19,26,29-30H,12H2,1-3H3,(H,24,28)(H,25,27);3-9,12-13,15,17,27-28H,10-11H2,1-2H3,(H,23,26)(H,24,25);3-4,6,8,12,22-23H,5,7H2,1-2H3,(H,18,21)(H,19,20)/t14-,18+,19+;15-,17-;12-/m100/s1. The molecule has 5 rings (SSSR count). The second kappa shape index (κ2) is 35.1. The number of amides is 6. The molecule has 6 amide bonds. The van der Waals surface area contributed by atoms with Crippen LogP contribution >= 0.6 is 23.2 Å². The molecular weight excluding hydrogens is 1090 g/mol. The second-order valence-corrected chi connectivity index (χ2v) is 21.0. The maximum Gasteiger partial charge on any atom is 0.475 e. The number of halogens is 2. The topological polar surface area (TPSA) is 355 Å². The Hall–Kier alpha value is -6.80. The molecule has 0 saturated heterocycles. The van der Waals surface area contributed by atoms with E-state index in [0.717, 1.165) is 11.1 Å². The fourth-order valence-corrected chi connectivity index (χ4v) is 8.06. The maximum absolute atomic E-state index is 12.8. The second-order valence-electron chi connectivity index (χ2n) is 20.1. The highest BCUT2D eigenvalue weighted by molar-refractivity contribution is 6.44. The maximum atomic E-state index is 12.8. The number of aliphatic hydroxyl groups excluding tert-OH is 1. The zero-order chi connectivity index (χ0) is 60.3. The Bertz CT molecular complexity index is 2760. The Morgan fingerprint density at radius 3 is 1.62 bits per heavy atom. The number of carbonyl (C=O) groups is 6. The van der Waals surface area contributed by atoms with Crippen molar-refractivity contribution >= 4 is 80.0 Å². The normalized spacial score (nSPS) is 13.0. The lowest BCUT2D eigenvalue weighted by Gasteiger charge is -2.25. The predicted octanol–water partition coefficient (Wildman–Crippen LogP) is 2.40. The Labute approximate surface area is 482 Å². The van der Waals surface area contributed by atoms with Crippen molar-refractivity contribution in [3.8, 4) is 11.3 Å². The van der Waals surface area contributed by atoms with E-state index >= 15 is 0 Å². The van der Waals surface area contributed by atoms with Crippen LogP contribution in [0.3, 0.4) is 0 Å². The third-order valence-electron chi connectivity index (χ3n) is 11.6. The van der Waals surface area contributed by atoms with Gasteiger partial charge < -0.3 is 67.2 Å². The van der Waals surface area contributed by atoms with E-state index in [1.807, 2.05) is 102 Å². The van der Waals surface area contributed by atoms with Crippen molar-refractivity contribution in [2.24, 2.45) is 17.8 Å². The molecule has 13 N–H and O–H groups in total. The van der Waals surface area contributed by atoms with Crippen molar-refractivity contribution in [2.45, 2.75) is 110 Å². The minimum Gasteiger partial charge on any atom is -0.426 e. The summed E-state index contributed by atoms with van der Waals surface area (Å²) in [6.45, 7) is 12.4. The van der Waals surface area contributed by atoms with Crippen LogP contribution < -0.4 is 31.9 Å². The minimum atomic E-state index is -1.76. The van der Waals surface area contributed by atoms with Gasteiger partial charge in [0, 0.05) is 29.4 Å². The number of nitrogens with one attached hydrogen (secondary N) is 6. The average molecular weight is 1160 g/mol. The minimum absolute atomic E-state index is 0.0919. The first-order valence-electron chi connectivity index (χ1n) is 26.1. The number of aliphatic hydroxyl groups is 1. The average Bonchev–Trinajstić information content (AvgIpc) is 3.44. The van der Waals surface area contributed by atoms with Crippen molar-refractivity contribution in [1.29, 1.82) is 0 Å². The van der Waals surface area contributed by atoms with E-state index in [1.54, 1.807) is 18.2 Å². The summed E-state index contributed by atoms with van der Waals surface area (Å²) >= 11 is 11.7. The molecule has 0 aliphatic carbocycles. The van der Waals surface area contributed by atoms with E-state index in [-0.39, 0.29) is 52.7 Å². The summed E-state index contributed by atoms with van der Waals surface area (Å²) in [5, 5.41) is 82.4. The van der Waals surface area contributed by atoms with E-state index in [1.165, 1.54) is 43.7 Å². The molecule has 27 heteroatoms. The molecule has 0 saturated carbocycles. The van der Waals surface area contributed by atoms with Gasteiger partial charge in [0.25, 0.3) is 17.7 Å². The first-order valence-corrected chi connectivity index (χ1v) is 26.9. The predicted molar refractivity (Wildman–Crippen MR) is 310 cm³/mol. The lowest BCUT2D eigenvalue weighted by Crippen LogP contribution is -2.57. The fourth-order valence-electron chi connectivity index (χ4n) is 7.69. The Kier molecular flexibility index (Phi) is 29.7. The molecule has 2 aromatic heterocycles. The number of benzene rings is 3. The van der Waals surface area contributed by atoms with Crippen molar-refractivity contribution in [3.05, 3.63) is 148 Å². The summed E-state index contributed by atoms with van der Waals surface area (Å²) in [7, 11) is -5.12. The highest BCUT2D eigenvalue weighted by atomic mass is 35.5. The van der Waals surface area contributed by atoms with Crippen LogP contribution in [0.25, 0.3) is 11.3 Å². The van der Waals surface area contributed by atoms with Crippen molar-refractivity contribution in [1.82, 2.24) is 46.9 Å². The summed E-state index contributed by atoms with van der Waals surface area (Å²) in [6, 6.07) is 25.8. The van der Waals surface area contributed by atoms with Gasteiger partial charge in [0.2, 0.25) is 17.7 Å². The zero-order valence-corrected chi connectivity index (χ0v) is 47.6. The van der Waals surface area contributed by atoms with Gasteiger partial charge in [-0.2, -0.15) is 0 Å². The van der Waals surface area contributed by atoms with Crippen molar-refractivity contribution in [2.75, 3.05) is 6.54 Å². The molecule has 2 heterocycles. The number of rotatable bonds is 25. The van der Waals surface area contributed by atoms with E-state index in [0.29, 0.717) is 30.0 Å². The molecule has 0 unspecified atom stereocenters. The molecule has 0 aliphatic rings. The lowest BCUT2D eigenvalue weighted by molar-refractivity contribution is -0.126. The van der Waals surface area contributed by atoms with Crippen molar-refractivity contribution in [3.63, 3.8) is 0 Å². The van der Waals surface area contributed by atoms with Crippen LogP contribution in [0.15, 0.2) is 116 Å². The number of aromatic nitrogens is 3. The van der Waals surface area contributed by atoms with Crippen LogP contribution in [0.2, 0.25) is 10.0 Å². The van der Waals surface area contributed by atoms with Crippen LogP contribution in [0.5, 0.6) is 0 Å². The molecule has 0 bridgehead atoms. The van der Waals surface area contributed by atoms with E-state index in [2.05, 4.69) is 46.9 Å². The van der Waals surface area contributed by atoms with Gasteiger partial charge in [-0.3, -0.25) is 33.8 Å². The first kappa shape index (κ1) is 68.5. The van der Waals surface area contributed by atoms with Gasteiger partial charge >= 0.3 is 21.4 Å². The summed E-state index contributed by atoms with van der Waals surface area (Å²) in [4.78, 5) is 86.5. The Morgan fingerprint density at radius 2 is 1.10 bits per heavy atom. The third kappa shape index (κ3) is 25.3. The molecule has 22 nitrogen and oxygen atoms in total. The van der Waals surface area contributed by atoms with Gasteiger partial charge in [-0.1, -0.05) is 131 Å². The molecule has 0 radical (unpaired) electrons.